The van der Waals surface area contributed by atoms with Gasteiger partial charge in [-0.15, -0.1) is 11.3 Å². The number of thiazole rings is 1. The van der Waals surface area contributed by atoms with Gasteiger partial charge in [0.15, 0.2) is 0 Å². The Balaban J connectivity index is 2.35. The van der Waals surface area contributed by atoms with Gasteiger partial charge in [-0.3, -0.25) is 5.10 Å². The van der Waals surface area contributed by atoms with Gasteiger partial charge in [-0.25, -0.2) is 4.98 Å². The van der Waals surface area contributed by atoms with Crippen LogP contribution in [-0.4, -0.2) is 15.2 Å². The largest absolute Gasteiger partial charge is 0.325 e. The van der Waals surface area contributed by atoms with Crippen molar-refractivity contribution >= 4 is 11.3 Å². The lowest BCUT2D eigenvalue weighted by molar-refractivity contribution is 1.01. The van der Waals surface area contributed by atoms with Gasteiger partial charge in [-0.05, 0) is 6.07 Å². The summed E-state index contributed by atoms with van der Waals surface area (Å²) in [4.78, 5) is 4.29. The van der Waals surface area contributed by atoms with E-state index in [9.17, 15) is 0 Å². The first-order valence-electron chi connectivity index (χ1n) is 3.54. The lowest BCUT2D eigenvalue weighted by atomic mass is 10.4. The van der Waals surface area contributed by atoms with E-state index in [1.165, 1.54) is 0 Å². The summed E-state index contributed by atoms with van der Waals surface area (Å²) in [6.07, 6.45) is 1.71. The number of hydrogen-bond donors (Lipinski definition) is 2. The lowest BCUT2D eigenvalue weighted by Gasteiger charge is -1.86. The van der Waals surface area contributed by atoms with Crippen LogP contribution >= 0.6 is 11.3 Å². The number of hydrogen-bond acceptors (Lipinski definition) is 4. The number of H-pyrrole nitrogens is 1. The van der Waals surface area contributed by atoms with E-state index in [-0.39, 0.29) is 0 Å². The van der Waals surface area contributed by atoms with Crippen LogP contribution in [0.1, 0.15) is 5.69 Å². The molecular formula is C7H8N4S. The maximum absolute atomic E-state index is 5.43. The average Bonchev–Trinajstić information content (AvgIpc) is 2.75. The van der Waals surface area contributed by atoms with E-state index in [2.05, 4.69) is 15.2 Å². The van der Waals surface area contributed by atoms with Gasteiger partial charge in [0.25, 0.3) is 0 Å². The molecule has 2 aromatic heterocycles. The highest BCUT2D eigenvalue weighted by Crippen LogP contribution is 2.20. The Morgan fingerprint density at radius 3 is 3.08 bits per heavy atom. The van der Waals surface area contributed by atoms with Crippen molar-refractivity contribution in [3.8, 4) is 10.7 Å². The van der Waals surface area contributed by atoms with Crippen LogP contribution in [-0.2, 0) is 6.54 Å². The molecule has 2 rings (SSSR count). The normalized spacial score (nSPS) is 10.4. The molecule has 0 saturated carbocycles. The van der Waals surface area contributed by atoms with Crippen molar-refractivity contribution in [1.29, 1.82) is 0 Å². The molecule has 2 heterocycles. The zero-order valence-electron chi connectivity index (χ0n) is 6.32. The molecule has 0 unspecified atom stereocenters. The minimum Gasteiger partial charge on any atom is -0.325 e. The van der Waals surface area contributed by atoms with Gasteiger partial charge in [-0.2, -0.15) is 5.10 Å². The Bertz CT molecular complexity index is 351. The third-order valence-electron chi connectivity index (χ3n) is 1.49. The van der Waals surface area contributed by atoms with Gasteiger partial charge < -0.3 is 5.73 Å². The molecule has 3 N–H and O–H groups in total. The fraction of sp³-hybridized carbons (Fsp3) is 0.143. The fourth-order valence-electron chi connectivity index (χ4n) is 0.899. The van der Waals surface area contributed by atoms with E-state index in [1.807, 2.05) is 11.4 Å². The Hall–Kier alpha value is -1.20. The predicted molar refractivity (Wildman–Crippen MR) is 47.6 cm³/mol. The summed E-state index contributed by atoms with van der Waals surface area (Å²) < 4.78 is 0. The third-order valence-corrected chi connectivity index (χ3v) is 2.42. The molecule has 0 fully saturated rings. The Morgan fingerprint density at radius 1 is 1.58 bits per heavy atom. The first-order chi connectivity index (χ1) is 5.90. The molecule has 0 radical (unpaired) electrons. The lowest BCUT2D eigenvalue weighted by Crippen LogP contribution is -1.95. The zero-order valence-corrected chi connectivity index (χ0v) is 7.14. The number of aromatic amines is 1. The van der Waals surface area contributed by atoms with E-state index in [4.69, 9.17) is 5.73 Å². The molecule has 0 atom stereocenters. The van der Waals surface area contributed by atoms with Crippen LogP contribution in [0.3, 0.4) is 0 Å². The van der Waals surface area contributed by atoms with Gasteiger partial charge in [0.2, 0.25) is 0 Å². The number of nitrogens with one attached hydrogen (secondary N) is 1. The standard InChI is InChI=1S/C7H8N4S/c8-3-5-4-12-7(10-5)6-1-2-9-11-6/h1-2,4H,3,8H2,(H,9,11). The van der Waals surface area contributed by atoms with Gasteiger partial charge in [0, 0.05) is 18.1 Å². The van der Waals surface area contributed by atoms with Crippen LogP contribution in [0.5, 0.6) is 0 Å². The zero-order chi connectivity index (χ0) is 8.39. The average molecular weight is 180 g/mol. The van der Waals surface area contributed by atoms with Crippen molar-refractivity contribution in [2.45, 2.75) is 6.54 Å². The fourth-order valence-corrected chi connectivity index (χ4v) is 1.71. The predicted octanol–water partition coefficient (Wildman–Crippen LogP) is 0.992. The van der Waals surface area contributed by atoms with Crippen LogP contribution in [0.15, 0.2) is 17.6 Å². The number of aromatic nitrogens is 3. The molecular weight excluding hydrogens is 172 g/mol. The van der Waals surface area contributed by atoms with Gasteiger partial charge in [0.05, 0.1) is 11.4 Å². The van der Waals surface area contributed by atoms with Crippen molar-refractivity contribution in [2.75, 3.05) is 0 Å². The summed E-state index contributed by atoms with van der Waals surface area (Å²) in [5, 5.41) is 9.58. The Kier molecular flexibility index (Phi) is 1.89. The second-order valence-corrected chi connectivity index (χ2v) is 3.18. The highest BCUT2D eigenvalue weighted by atomic mass is 32.1. The summed E-state index contributed by atoms with van der Waals surface area (Å²) >= 11 is 1.57. The van der Waals surface area contributed by atoms with Crippen molar-refractivity contribution in [3.05, 3.63) is 23.3 Å². The smallest absolute Gasteiger partial charge is 0.141 e. The Labute approximate surface area is 73.5 Å². The highest BCUT2D eigenvalue weighted by Gasteiger charge is 2.03. The summed E-state index contributed by atoms with van der Waals surface area (Å²) in [5.41, 5.74) is 7.30. The summed E-state index contributed by atoms with van der Waals surface area (Å²) in [6, 6.07) is 1.89. The van der Waals surface area contributed by atoms with Crippen molar-refractivity contribution in [3.63, 3.8) is 0 Å². The van der Waals surface area contributed by atoms with Gasteiger partial charge in [-0.1, -0.05) is 0 Å². The van der Waals surface area contributed by atoms with Crippen LogP contribution in [0, 0.1) is 0 Å². The number of nitrogens with two attached hydrogens (primary N) is 1. The van der Waals surface area contributed by atoms with Crippen LogP contribution in [0.25, 0.3) is 10.7 Å². The molecule has 0 saturated heterocycles. The molecule has 2 aromatic rings. The van der Waals surface area contributed by atoms with Crippen LogP contribution in [0.4, 0.5) is 0 Å². The van der Waals surface area contributed by atoms with E-state index >= 15 is 0 Å². The molecule has 0 amide bonds. The van der Waals surface area contributed by atoms with Gasteiger partial charge >= 0.3 is 0 Å². The first kappa shape index (κ1) is 7.45. The number of rotatable bonds is 2. The molecule has 4 nitrogen and oxygen atoms in total. The van der Waals surface area contributed by atoms with E-state index in [0.29, 0.717) is 6.54 Å². The maximum Gasteiger partial charge on any atom is 0.141 e. The molecule has 62 valence electrons. The minimum atomic E-state index is 0.491. The second-order valence-electron chi connectivity index (χ2n) is 2.32. The molecule has 0 aliphatic carbocycles. The summed E-state index contributed by atoms with van der Waals surface area (Å²) in [6.45, 7) is 0.491. The quantitative estimate of drug-likeness (QED) is 0.724. The monoisotopic (exact) mass is 180 g/mol. The molecule has 0 aromatic carbocycles. The second kappa shape index (κ2) is 3.04. The molecule has 0 aliphatic heterocycles. The SMILES string of the molecule is NCc1csc(-c2ccn[nH]2)n1. The molecule has 0 bridgehead atoms. The van der Waals surface area contributed by atoms with Crippen molar-refractivity contribution < 1.29 is 0 Å². The van der Waals surface area contributed by atoms with Crippen molar-refractivity contribution in [1.82, 2.24) is 15.2 Å². The molecule has 12 heavy (non-hydrogen) atoms. The topological polar surface area (TPSA) is 67.6 Å². The molecule has 0 spiro atoms. The molecule has 0 aliphatic rings. The molecule has 5 heteroatoms. The maximum atomic E-state index is 5.43. The highest BCUT2D eigenvalue weighted by molar-refractivity contribution is 7.13. The van der Waals surface area contributed by atoms with E-state index in [0.717, 1.165) is 16.4 Å². The van der Waals surface area contributed by atoms with E-state index < -0.39 is 0 Å². The summed E-state index contributed by atoms with van der Waals surface area (Å²) in [5.74, 6) is 0. The van der Waals surface area contributed by atoms with Crippen LogP contribution in [0.2, 0.25) is 0 Å². The van der Waals surface area contributed by atoms with E-state index in [1.54, 1.807) is 17.5 Å². The Morgan fingerprint density at radius 2 is 2.50 bits per heavy atom. The minimum absolute atomic E-state index is 0.491. The first-order valence-corrected chi connectivity index (χ1v) is 4.42. The van der Waals surface area contributed by atoms with Crippen molar-refractivity contribution in [2.24, 2.45) is 5.73 Å². The number of nitrogens with zero attached hydrogens (tertiary/aromatic N) is 2. The third kappa shape index (κ3) is 1.24. The van der Waals surface area contributed by atoms with Crippen LogP contribution < -0.4 is 5.73 Å². The summed E-state index contributed by atoms with van der Waals surface area (Å²) in [7, 11) is 0. The van der Waals surface area contributed by atoms with Gasteiger partial charge in [0.1, 0.15) is 5.01 Å².